The van der Waals surface area contributed by atoms with Crippen LogP contribution in [-0.2, 0) is 0 Å². The first kappa shape index (κ1) is 6.39. The lowest BCUT2D eigenvalue weighted by Gasteiger charge is -2.20. The maximum absolute atomic E-state index is 8.88. The molecule has 1 saturated heterocycles. The number of aliphatic hydroxyl groups is 2. The Labute approximate surface area is 52.9 Å². The van der Waals surface area contributed by atoms with Crippen molar-refractivity contribution in [2.24, 2.45) is 0 Å². The lowest BCUT2D eigenvalue weighted by atomic mass is 10.2. The summed E-state index contributed by atoms with van der Waals surface area (Å²) in [7, 11) is 0. The van der Waals surface area contributed by atoms with Crippen molar-refractivity contribution in [3.05, 3.63) is 0 Å². The SMILES string of the molecule is OC1CCCC(O)S1. The van der Waals surface area contributed by atoms with Crippen LogP contribution in [0.5, 0.6) is 0 Å². The molecule has 2 nitrogen and oxygen atoms in total. The Morgan fingerprint density at radius 3 is 1.88 bits per heavy atom. The van der Waals surface area contributed by atoms with E-state index in [9.17, 15) is 0 Å². The normalized spacial score (nSPS) is 39.8. The van der Waals surface area contributed by atoms with Gasteiger partial charge in [-0.3, -0.25) is 0 Å². The molecular formula is C5H10O2S. The number of aliphatic hydroxyl groups excluding tert-OH is 2. The molecule has 2 atom stereocenters. The van der Waals surface area contributed by atoms with E-state index in [4.69, 9.17) is 10.2 Å². The first-order valence-electron chi connectivity index (χ1n) is 2.80. The van der Waals surface area contributed by atoms with Gasteiger partial charge in [-0.2, -0.15) is 0 Å². The van der Waals surface area contributed by atoms with Crippen LogP contribution in [0.1, 0.15) is 19.3 Å². The highest BCUT2D eigenvalue weighted by atomic mass is 32.2. The summed E-state index contributed by atoms with van der Waals surface area (Å²) in [5.41, 5.74) is -0.641. The van der Waals surface area contributed by atoms with E-state index in [1.807, 2.05) is 0 Å². The zero-order valence-corrected chi connectivity index (χ0v) is 5.40. The second-order valence-electron chi connectivity index (χ2n) is 1.98. The Balaban J connectivity index is 2.23. The molecule has 0 spiro atoms. The van der Waals surface area contributed by atoms with Crippen LogP contribution >= 0.6 is 11.8 Å². The molecule has 0 radical (unpaired) electrons. The van der Waals surface area contributed by atoms with Crippen molar-refractivity contribution in [2.75, 3.05) is 0 Å². The van der Waals surface area contributed by atoms with Crippen LogP contribution in [0.15, 0.2) is 0 Å². The van der Waals surface area contributed by atoms with Crippen molar-refractivity contribution >= 4 is 11.8 Å². The molecular weight excluding hydrogens is 124 g/mol. The Kier molecular flexibility index (Phi) is 2.16. The molecule has 0 bridgehead atoms. The maximum atomic E-state index is 8.88. The number of thioether (sulfide) groups is 1. The van der Waals surface area contributed by atoms with Crippen LogP contribution in [-0.4, -0.2) is 21.1 Å². The summed E-state index contributed by atoms with van der Waals surface area (Å²) in [5, 5.41) is 17.8. The molecule has 8 heavy (non-hydrogen) atoms. The van der Waals surface area contributed by atoms with Crippen molar-refractivity contribution in [1.82, 2.24) is 0 Å². The summed E-state index contributed by atoms with van der Waals surface area (Å²) in [4.78, 5) is 0. The summed E-state index contributed by atoms with van der Waals surface area (Å²) in [5.74, 6) is 0. The van der Waals surface area contributed by atoms with Crippen LogP contribution in [0.3, 0.4) is 0 Å². The third-order valence-electron chi connectivity index (χ3n) is 1.22. The molecule has 1 aliphatic heterocycles. The second kappa shape index (κ2) is 2.71. The molecule has 3 heteroatoms. The van der Waals surface area contributed by atoms with Crippen LogP contribution in [0.2, 0.25) is 0 Å². The monoisotopic (exact) mass is 134 g/mol. The number of rotatable bonds is 0. The van der Waals surface area contributed by atoms with E-state index in [2.05, 4.69) is 0 Å². The summed E-state index contributed by atoms with van der Waals surface area (Å²) >= 11 is 1.25. The number of hydrogen-bond donors (Lipinski definition) is 2. The van der Waals surface area contributed by atoms with E-state index in [0.29, 0.717) is 0 Å². The van der Waals surface area contributed by atoms with Crippen molar-refractivity contribution in [2.45, 2.75) is 30.1 Å². The van der Waals surface area contributed by atoms with Gasteiger partial charge < -0.3 is 10.2 Å². The third-order valence-corrected chi connectivity index (χ3v) is 2.32. The first-order chi connectivity index (χ1) is 3.79. The van der Waals surface area contributed by atoms with E-state index in [1.54, 1.807) is 0 Å². The molecule has 0 aromatic rings. The van der Waals surface area contributed by atoms with Crippen LogP contribution in [0.25, 0.3) is 0 Å². The highest BCUT2D eigenvalue weighted by Gasteiger charge is 2.17. The fourth-order valence-electron chi connectivity index (χ4n) is 0.784. The fourth-order valence-corrected chi connectivity index (χ4v) is 1.75. The molecule has 0 aromatic heterocycles. The second-order valence-corrected chi connectivity index (χ2v) is 3.34. The topological polar surface area (TPSA) is 40.5 Å². The molecule has 1 rings (SSSR count). The molecule has 0 saturated carbocycles. The van der Waals surface area contributed by atoms with Crippen molar-refractivity contribution in [3.8, 4) is 0 Å². The van der Waals surface area contributed by atoms with Crippen molar-refractivity contribution in [3.63, 3.8) is 0 Å². The van der Waals surface area contributed by atoms with E-state index < -0.39 is 0 Å². The predicted octanol–water partition coefficient (Wildman–Crippen LogP) is 0.540. The van der Waals surface area contributed by atoms with Gasteiger partial charge >= 0.3 is 0 Å². The largest absolute Gasteiger partial charge is 0.382 e. The van der Waals surface area contributed by atoms with Crippen LogP contribution < -0.4 is 0 Å². The zero-order valence-electron chi connectivity index (χ0n) is 4.58. The summed E-state index contributed by atoms with van der Waals surface area (Å²) in [6, 6.07) is 0. The van der Waals surface area contributed by atoms with Crippen molar-refractivity contribution < 1.29 is 10.2 Å². The minimum Gasteiger partial charge on any atom is -0.382 e. The van der Waals surface area contributed by atoms with Gasteiger partial charge in [-0.15, -0.1) is 0 Å². The first-order valence-corrected chi connectivity index (χ1v) is 3.75. The standard InChI is InChI=1S/C5H10O2S/c6-4-2-1-3-5(7)8-4/h4-7H,1-3H2. The molecule has 2 N–H and O–H groups in total. The molecule has 0 amide bonds. The average Bonchev–Trinajstić information content (AvgIpc) is 1.64. The minimum atomic E-state index is -0.321. The van der Waals surface area contributed by atoms with E-state index in [0.717, 1.165) is 19.3 Å². The molecule has 1 fully saturated rings. The lowest BCUT2D eigenvalue weighted by Crippen LogP contribution is -2.15. The van der Waals surface area contributed by atoms with Gasteiger partial charge in [0.1, 0.15) is 10.9 Å². The van der Waals surface area contributed by atoms with Gasteiger partial charge in [-0.25, -0.2) is 0 Å². The molecule has 1 aliphatic rings. The third kappa shape index (κ3) is 1.65. The summed E-state index contributed by atoms with van der Waals surface area (Å²) in [6.07, 6.45) is 2.62. The summed E-state index contributed by atoms with van der Waals surface area (Å²) in [6.45, 7) is 0. The molecule has 2 unspecified atom stereocenters. The predicted molar refractivity (Wildman–Crippen MR) is 33.5 cm³/mol. The quantitative estimate of drug-likeness (QED) is 0.508. The van der Waals surface area contributed by atoms with Gasteiger partial charge in [0.25, 0.3) is 0 Å². The van der Waals surface area contributed by atoms with Gasteiger partial charge in [0.2, 0.25) is 0 Å². The lowest BCUT2D eigenvalue weighted by molar-refractivity contribution is 0.192. The highest BCUT2D eigenvalue weighted by Crippen LogP contribution is 2.27. The number of hydrogen-bond acceptors (Lipinski definition) is 3. The van der Waals surface area contributed by atoms with Gasteiger partial charge in [-0.05, 0) is 19.3 Å². The van der Waals surface area contributed by atoms with E-state index in [-0.39, 0.29) is 10.9 Å². The smallest absolute Gasteiger partial charge is 0.102 e. The Morgan fingerprint density at radius 1 is 1.12 bits per heavy atom. The van der Waals surface area contributed by atoms with Gasteiger partial charge in [0.15, 0.2) is 0 Å². The summed E-state index contributed by atoms with van der Waals surface area (Å²) < 4.78 is 0. The van der Waals surface area contributed by atoms with Gasteiger partial charge in [0.05, 0.1) is 0 Å². The highest BCUT2D eigenvalue weighted by molar-refractivity contribution is 8.00. The molecule has 48 valence electrons. The Bertz CT molecular complexity index is 68.8. The van der Waals surface area contributed by atoms with Crippen LogP contribution in [0.4, 0.5) is 0 Å². The molecule has 0 aliphatic carbocycles. The van der Waals surface area contributed by atoms with E-state index in [1.165, 1.54) is 11.8 Å². The molecule has 1 heterocycles. The molecule has 0 aromatic carbocycles. The Morgan fingerprint density at radius 2 is 1.62 bits per heavy atom. The average molecular weight is 134 g/mol. The maximum Gasteiger partial charge on any atom is 0.102 e. The van der Waals surface area contributed by atoms with E-state index >= 15 is 0 Å². The van der Waals surface area contributed by atoms with Gasteiger partial charge in [-0.1, -0.05) is 11.8 Å². The fraction of sp³-hybridized carbons (Fsp3) is 1.00. The zero-order chi connectivity index (χ0) is 5.98. The van der Waals surface area contributed by atoms with Crippen LogP contribution in [0, 0.1) is 0 Å². The van der Waals surface area contributed by atoms with Gasteiger partial charge in [0, 0.05) is 0 Å². The minimum absolute atomic E-state index is 0.321. The Hall–Kier alpha value is 0.270. The van der Waals surface area contributed by atoms with Crippen molar-refractivity contribution in [1.29, 1.82) is 0 Å².